The fourth-order valence-corrected chi connectivity index (χ4v) is 2.68. The third kappa shape index (κ3) is 3.55. The first-order valence-electron chi connectivity index (χ1n) is 6.69. The summed E-state index contributed by atoms with van der Waals surface area (Å²) in [4.78, 5) is 0. The number of methoxy groups -OCH3 is 1. The molecule has 17 heavy (non-hydrogen) atoms. The standard InChI is InChI=1S/C15H23NO/c1-17-11-10-16-12-14-8-3-2-6-13-7-4-5-9-15(13)14/h4-5,7,9,14,16H,2-3,6,8,10-12H2,1H3. The minimum absolute atomic E-state index is 0.686. The quantitative estimate of drug-likeness (QED) is 0.623. The zero-order valence-electron chi connectivity index (χ0n) is 10.7. The molecule has 0 aromatic heterocycles. The van der Waals surface area contributed by atoms with Crippen molar-refractivity contribution in [2.45, 2.75) is 31.6 Å². The van der Waals surface area contributed by atoms with Gasteiger partial charge >= 0.3 is 0 Å². The van der Waals surface area contributed by atoms with Gasteiger partial charge in [-0.3, -0.25) is 0 Å². The van der Waals surface area contributed by atoms with Crippen molar-refractivity contribution in [3.05, 3.63) is 35.4 Å². The number of rotatable bonds is 5. The highest BCUT2D eigenvalue weighted by Crippen LogP contribution is 2.29. The van der Waals surface area contributed by atoms with Gasteiger partial charge in [-0.1, -0.05) is 30.7 Å². The summed E-state index contributed by atoms with van der Waals surface area (Å²) < 4.78 is 5.06. The monoisotopic (exact) mass is 233 g/mol. The lowest BCUT2D eigenvalue weighted by Gasteiger charge is -2.18. The highest BCUT2D eigenvalue weighted by molar-refractivity contribution is 5.31. The molecule has 0 amide bonds. The second kappa shape index (κ2) is 6.77. The smallest absolute Gasteiger partial charge is 0.0587 e. The Balaban J connectivity index is 1.97. The van der Waals surface area contributed by atoms with Crippen LogP contribution in [-0.4, -0.2) is 26.8 Å². The van der Waals surface area contributed by atoms with E-state index in [0.29, 0.717) is 5.92 Å². The molecular weight excluding hydrogens is 210 g/mol. The molecule has 0 saturated carbocycles. The van der Waals surface area contributed by atoms with E-state index in [1.165, 1.54) is 25.7 Å². The first kappa shape index (κ1) is 12.6. The van der Waals surface area contributed by atoms with Crippen molar-refractivity contribution in [2.75, 3.05) is 26.8 Å². The van der Waals surface area contributed by atoms with Crippen molar-refractivity contribution in [2.24, 2.45) is 0 Å². The molecule has 1 N–H and O–H groups in total. The number of aryl methyl sites for hydroxylation is 1. The summed E-state index contributed by atoms with van der Waals surface area (Å²) in [5, 5.41) is 3.50. The first-order chi connectivity index (χ1) is 8.42. The molecule has 0 heterocycles. The Bertz CT molecular complexity index is 337. The van der Waals surface area contributed by atoms with E-state index in [4.69, 9.17) is 4.74 Å². The van der Waals surface area contributed by atoms with Crippen molar-refractivity contribution in [3.63, 3.8) is 0 Å². The van der Waals surface area contributed by atoms with Gasteiger partial charge < -0.3 is 10.1 Å². The van der Waals surface area contributed by atoms with Crippen LogP contribution in [0, 0.1) is 0 Å². The number of nitrogens with one attached hydrogen (secondary N) is 1. The maximum absolute atomic E-state index is 5.06. The summed E-state index contributed by atoms with van der Waals surface area (Å²) in [5.74, 6) is 0.686. The van der Waals surface area contributed by atoms with Gasteiger partial charge in [0.15, 0.2) is 0 Å². The number of hydrogen-bond acceptors (Lipinski definition) is 2. The number of fused-ring (bicyclic) bond motifs is 1. The van der Waals surface area contributed by atoms with E-state index < -0.39 is 0 Å². The molecule has 1 aliphatic rings. The van der Waals surface area contributed by atoms with Crippen LogP contribution in [0.25, 0.3) is 0 Å². The van der Waals surface area contributed by atoms with E-state index in [2.05, 4.69) is 29.6 Å². The van der Waals surface area contributed by atoms with Gasteiger partial charge in [0, 0.05) is 20.2 Å². The van der Waals surface area contributed by atoms with Crippen LogP contribution in [0.5, 0.6) is 0 Å². The third-order valence-electron chi connectivity index (χ3n) is 3.62. The van der Waals surface area contributed by atoms with Gasteiger partial charge in [0.05, 0.1) is 6.61 Å². The van der Waals surface area contributed by atoms with Gasteiger partial charge in [-0.2, -0.15) is 0 Å². The molecule has 2 heteroatoms. The fraction of sp³-hybridized carbons (Fsp3) is 0.600. The second-order valence-corrected chi connectivity index (χ2v) is 4.84. The summed E-state index contributed by atoms with van der Waals surface area (Å²) in [7, 11) is 1.75. The van der Waals surface area contributed by atoms with Crippen molar-refractivity contribution >= 4 is 0 Å². The molecule has 0 radical (unpaired) electrons. The zero-order valence-corrected chi connectivity index (χ0v) is 10.7. The first-order valence-corrected chi connectivity index (χ1v) is 6.69. The Morgan fingerprint density at radius 2 is 2.18 bits per heavy atom. The Morgan fingerprint density at radius 1 is 1.29 bits per heavy atom. The van der Waals surface area contributed by atoms with Gasteiger partial charge in [0.1, 0.15) is 0 Å². The molecule has 2 nitrogen and oxygen atoms in total. The number of ether oxygens (including phenoxy) is 1. The molecule has 1 unspecified atom stereocenters. The third-order valence-corrected chi connectivity index (χ3v) is 3.62. The molecule has 2 rings (SSSR count). The molecule has 0 fully saturated rings. The van der Waals surface area contributed by atoms with E-state index in [1.54, 1.807) is 18.2 Å². The van der Waals surface area contributed by atoms with E-state index in [-0.39, 0.29) is 0 Å². The van der Waals surface area contributed by atoms with Crippen LogP contribution in [0.4, 0.5) is 0 Å². The van der Waals surface area contributed by atoms with Crippen LogP contribution in [0.15, 0.2) is 24.3 Å². The minimum Gasteiger partial charge on any atom is -0.383 e. The molecule has 0 bridgehead atoms. The average molecular weight is 233 g/mol. The average Bonchev–Trinajstić information content (AvgIpc) is 2.57. The highest BCUT2D eigenvalue weighted by Gasteiger charge is 2.17. The van der Waals surface area contributed by atoms with Gasteiger partial charge in [-0.25, -0.2) is 0 Å². The summed E-state index contributed by atoms with van der Waals surface area (Å²) in [5.41, 5.74) is 3.12. The van der Waals surface area contributed by atoms with E-state index in [9.17, 15) is 0 Å². The SMILES string of the molecule is COCCNCC1CCCCc2ccccc21. The molecule has 1 aliphatic carbocycles. The van der Waals surface area contributed by atoms with Crippen LogP contribution in [0.1, 0.15) is 36.3 Å². The lowest BCUT2D eigenvalue weighted by atomic mass is 9.92. The van der Waals surface area contributed by atoms with E-state index >= 15 is 0 Å². The van der Waals surface area contributed by atoms with Crippen molar-refractivity contribution in [1.82, 2.24) is 5.32 Å². The molecular formula is C15H23NO. The zero-order chi connectivity index (χ0) is 11.9. The molecule has 94 valence electrons. The van der Waals surface area contributed by atoms with Gasteiger partial charge in [-0.05, 0) is 36.3 Å². The largest absolute Gasteiger partial charge is 0.383 e. The Labute approximate surface area is 104 Å². The maximum Gasteiger partial charge on any atom is 0.0587 e. The van der Waals surface area contributed by atoms with E-state index in [0.717, 1.165) is 19.7 Å². The summed E-state index contributed by atoms with van der Waals surface area (Å²) in [6.45, 7) is 2.84. The van der Waals surface area contributed by atoms with Crippen molar-refractivity contribution in [3.8, 4) is 0 Å². The predicted molar refractivity (Wildman–Crippen MR) is 71.5 cm³/mol. The van der Waals surface area contributed by atoms with Crippen molar-refractivity contribution < 1.29 is 4.74 Å². The second-order valence-electron chi connectivity index (χ2n) is 4.84. The van der Waals surface area contributed by atoms with Crippen molar-refractivity contribution in [1.29, 1.82) is 0 Å². The normalized spacial score (nSPS) is 19.7. The topological polar surface area (TPSA) is 21.3 Å². The Morgan fingerprint density at radius 3 is 3.06 bits per heavy atom. The molecule has 0 spiro atoms. The van der Waals surface area contributed by atoms with Crippen LogP contribution in [0.3, 0.4) is 0 Å². The minimum atomic E-state index is 0.686. The Hall–Kier alpha value is -0.860. The van der Waals surface area contributed by atoms with Gasteiger partial charge in [0.25, 0.3) is 0 Å². The number of benzene rings is 1. The number of hydrogen-bond donors (Lipinski definition) is 1. The predicted octanol–water partition coefficient (Wildman–Crippen LogP) is 2.73. The van der Waals surface area contributed by atoms with Gasteiger partial charge in [-0.15, -0.1) is 0 Å². The molecule has 0 aliphatic heterocycles. The Kier molecular flexibility index (Phi) is 5.02. The maximum atomic E-state index is 5.06. The lowest BCUT2D eigenvalue weighted by Crippen LogP contribution is -2.25. The van der Waals surface area contributed by atoms with Gasteiger partial charge in [0.2, 0.25) is 0 Å². The van der Waals surface area contributed by atoms with Crippen LogP contribution >= 0.6 is 0 Å². The fourth-order valence-electron chi connectivity index (χ4n) is 2.68. The van der Waals surface area contributed by atoms with Crippen LogP contribution in [-0.2, 0) is 11.2 Å². The van der Waals surface area contributed by atoms with E-state index in [1.807, 2.05) is 0 Å². The van der Waals surface area contributed by atoms with Crippen LogP contribution < -0.4 is 5.32 Å². The summed E-state index contributed by atoms with van der Waals surface area (Å²) in [6, 6.07) is 8.94. The molecule has 1 aromatic carbocycles. The summed E-state index contributed by atoms with van der Waals surface area (Å²) >= 11 is 0. The summed E-state index contributed by atoms with van der Waals surface area (Å²) in [6.07, 6.45) is 5.26. The molecule has 1 atom stereocenters. The highest BCUT2D eigenvalue weighted by atomic mass is 16.5. The molecule has 0 saturated heterocycles. The molecule has 1 aromatic rings. The lowest BCUT2D eigenvalue weighted by molar-refractivity contribution is 0.198. The van der Waals surface area contributed by atoms with Crippen LogP contribution in [0.2, 0.25) is 0 Å².